The van der Waals surface area contributed by atoms with Crippen LogP contribution in [0.3, 0.4) is 0 Å². The molecule has 0 amide bonds. The molecule has 0 bridgehead atoms. The highest BCUT2D eigenvalue weighted by Gasteiger charge is 2.31. The van der Waals surface area contributed by atoms with Crippen molar-refractivity contribution in [2.75, 3.05) is 13.1 Å². The number of aryl methyl sites for hydroxylation is 1. The van der Waals surface area contributed by atoms with E-state index in [1.54, 1.807) is 0 Å². The van der Waals surface area contributed by atoms with Crippen molar-refractivity contribution in [1.29, 1.82) is 0 Å². The average molecular weight is 336 g/mol. The van der Waals surface area contributed by atoms with Gasteiger partial charge in [-0.2, -0.15) is 0 Å². The lowest BCUT2D eigenvalue weighted by molar-refractivity contribution is 0.0852. The Balaban J connectivity index is 1.30. The van der Waals surface area contributed by atoms with Gasteiger partial charge in [0.1, 0.15) is 0 Å². The minimum absolute atomic E-state index is 0.251. The van der Waals surface area contributed by atoms with Crippen molar-refractivity contribution < 1.29 is 4.79 Å². The monoisotopic (exact) mass is 336 g/mol. The van der Waals surface area contributed by atoms with E-state index >= 15 is 0 Å². The number of nitrogens with zero attached hydrogens (tertiary/aromatic N) is 2. The van der Waals surface area contributed by atoms with Gasteiger partial charge in [0.25, 0.3) is 0 Å². The standard InChI is InChI=1S/C22H28N2O/c1-23-12-11-20-21(23)8-7-19(22(20)25)15-17-9-13-24(14-10-17)16-18-5-3-2-4-6-18/h2-6,11-12,17,19H,7-10,13-16H2,1H3. The molecule has 2 heterocycles. The maximum atomic E-state index is 12.8. The Kier molecular flexibility index (Phi) is 4.76. The normalized spacial score (nSPS) is 22.1. The number of carbonyl (C=O) groups excluding carboxylic acids is 1. The molecule has 3 heteroatoms. The fraction of sp³-hybridized carbons (Fsp3) is 0.500. The van der Waals surface area contributed by atoms with Crippen LogP contribution < -0.4 is 0 Å². The number of aromatic nitrogens is 1. The summed E-state index contributed by atoms with van der Waals surface area (Å²) in [7, 11) is 2.05. The molecule has 1 saturated heterocycles. The maximum Gasteiger partial charge on any atom is 0.167 e. The quantitative estimate of drug-likeness (QED) is 0.841. The van der Waals surface area contributed by atoms with E-state index < -0.39 is 0 Å². The molecular weight excluding hydrogens is 308 g/mol. The summed E-state index contributed by atoms with van der Waals surface area (Å²) in [4.78, 5) is 15.3. The first-order valence-corrected chi connectivity index (χ1v) is 9.65. The molecule has 1 aromatic carbocycles. The van der Waals surface area contributed by atoms with Gasteiger partial charge in [0.05, 0.1) is 0 Å². The molecule has 0 spiro atoms. The second-order valence-electron chi connectivity index (χ2n) is 7.83. The van der Waals surface area contributed by atoms with E-state index in [-0.39, 0.29) is 5.92 Å². The molecule has 4 rings (SSSR count). The molecule has 1 fully saturated rings. The van der Waals surface area contributed by atoms with E-state index in [2.05, 4.69) is 46.8 Å². The van der Waals surface area contributed by atoms with Crippen LogP contribution in [0.25, 0.3) is 0 Å². The summed E-state index contributed by atoms with van der Waals surface area (Å²) in [6.45, 7) is 3.39. The van der Waals surface area contributed by atoms with Gasteiger partial charge in [0.15, 0.2) is 5.78 Å². The zero-order valence-corrected chi connectivity index (χ0v) is 15.2. The molecule has 1 aromatic heterocycles. The van der Waals surface area contributed by atoms with Gasteiger partial charge in [-0.1, -0.05) is 30.3 Å². The lowest BCUT2D eigenvalue weighted by atomic mass is 9.78. The second kappa shape index (κ2) is 7.17. The summed E-state index contributed by atoms with van der Waals surface area (Å²) in [5, 5.41) is 0. The van der Waals surface area contributed by atoms with Gasteiger partial charge in [-0.05, 0) is 62.7 Å². The first-order valence-electron chi connectivity index (χ1n) is 9.65. The zero-order valence-electron chi connectivity index (χ0n) is 15.2. The number of likely N-dealkylation sites (tertiary alicyclic amines) is 1. The molecule has 2 aliphatic rings. The van der Waals surface area contributed by atoms with Crippen molar-refractivity contribution >= 4 is 5.78 Å². The van der Waals surface area contributed by atoms with Gasteiger partial charge in [0.2, 0.25) is 0 Å². The topological polar surface area (TPSA) is 25.2 Å². The number of benzene rings is 1. The number of hydrogen-bond donors (Lipinski definition) is 0. The summed E-state index contributed by atoms with van der Waals surface area (Å²) in [6.07, 6.45) is 7.69. The Morgan fingerprint density at radius 2 is 1.80 bits per heavy atom. The van der Waals surface area contributed by atoms with Crippen LogP contribution >= 0.6 is 0 Å². The van der Waals surface area contributed by atoms with Crippen molar-refractivity contribution in [1.82, 2.24) is 9.47 Å². The highest BCUT2D eigenvalue weighted by atomic mass is 16.1. The average Bonchev–Trinajstić information content (AvgIpc) is 3.02. The first kappa shape index (κ1) is 16.6. The SMILES string of the molecule is Cn1ccc2c1CCC(CC1CCN(Cc3ccccc3)CC1)C2=O. The summed E-state index contributed by atoms with van der Waals surface area (Å²) in [6, 6.07) is 12.8. The molecule has 1 atom stereocenters. The van der Waals surface area contributed by atoms with Crippen LogP contribution in [0, 0.1) is 11.8 Å². The molecular formula is C22H28N2O. The van der Waals surface area contributed by atoms with Crippen LogP contribution in [-0.2, 0) is 20.0 Å². The Labute approximate surface area is 150 Å². The van der Waals surface area contributed by atoms with Crippen molar-refractivity contribution in [3.63, 3.8) is 0 Å². The molecule has 1 aliphatic carbocycles. The molecule has 2 aromatic rings. The van der Waals surface area contributed by atoms with E-state index in [1.807, 2.05) is 12.3 Å². The van der Waals surface area contributed by atoms with Gasteiger partial charge >= 0.3 is 0 Å². The maximum absolute atomic E-state index is 12.8. The van der Waals surface area contributed by atoms with Gasteiger partial charge in [-0.3, -0.25) is 9.69 Å². The summed E-state index contributed by atoms with van der Waals surface area (Å²) >= 11 is 0. The Hall–Kier alpha value is -1.87. The van der Waals surface area contributed by atoms with E-state index in [4.69, 9.17) is 0 Å². The van der Waals surface area contributed by atoms with Crippen molar-refractivity contribution in [2.24, 2.45) is 18.9 Å². The summed E-state index contributed by atoms with van der Waals surface area (Å²) < 4.78 is 2.12. The lowest BCUT2D eigenvalue weighted by Crippen LogP contribution is -2.35. The molecule has 1 aliphatic heterocycles. The molecule has 1 unspecified atom stereocenters. The number of fused-ring (bicyclic) bond motifs is 1. The summed E-state index contributed by atoms with van der Waals surface area (Å²) in [5.74, 6) is 1.36. The first-order chi connectivity index (χ1) is 12.2. The van der Waals surface area contributed by atoms with Crippen molar-refractivity contribution in [3.8, 4) is 0 Å². The predicted molar refractivity (Wildman–Crippen MR) is 101 cm³/mol. The lowest BCUT2D eigenvalue weighted by Gasteiger charge is -2.34. The number of rotatable bonds is 4. The van der Waals surface area contributed by atoms with Crippen LogP contribution in [0.1, 0.15) is 47.3 Å². The van der Waals surface area contributed by atoms with Crippen molar-refractivity contribution in [3.05, 3.63) is 59.4 Å². The fourth-order valence-corrected chi connectivity index (χ4v) is 4.61. The third-order valence-corrected chi connectivity index (χ3v) is 6.14. The summed E-state index contributed by atoms with van der Waals surface area (Å²) in [5.41, 5.74) is 3.62. The molecule has 0 N–H and O–H groups in total. The van der Waals surface area contributed by atoms with Crippen LogP contribution in [0.4, 0.5) is 0 Å². The zero-order chi connectivity index (χ0) is 17.2. The number of carbonyl (C=O) groups is 1. The van der Waals surface area contributed by atoms with Gasteiger partial charge in [-0.25, -0.2) is 0 Å². The minimum Gasteiger partial charge on any atom is -0.354 e. The Morgan fingerprint density at radius 1 is 1.04 bits per heavy atom. The largest absolute Gasteiger partial charge is 0.354 e. The fourth-order valence-electron chi connectivity index (χ4n) is 4.61. The smallest absolute Gasteiger partial charge is 0.167 e. The van der Waals surface area contributed by atoms with Crippen LogP contribution in [0.5, 0.6) is 0 Å². The van der Waals surface area contributed by atoms with Gasteiger partial charge < -0.3 is 4.57 Å². The van der Waals surface area contributed by atoms with Crippen LogP contribution in [-0.4, -0.2) is 28.3 Å². The molecule has 132 valence electrons. The number of piperidine rings is 1. The predicted octanol–water partition coefficient (Wildman–Crippen LogP) is 4.07. The highest BCUT2D eigenvalue weighted by Crippen LogP contribution is 2.33. The number of hydrogen-bond acceptors (Lipinski definition) is 2. The number of ketones is 1. The molecule has 25 heavy (non-hydrogen) atoms. The Morgan fingerprint density at radius 3 is 2.56 bits per heavy atom. The highest BCUT2D eigenvalue weighted by molar-refractivity contribution is 6.00. The van der Waals surface area contributed by atoms with E-state index in [9.17, 15) is 4.79 Å². The number of Topliss-reactive ketones (excluding diaryl/α,β-unsaturated/α-hetero) is 1. The van der Waals surface area contributed by atoms with Crippen LogP contribution in [0.15, 0.2) is 42.6 Å². The van der Waals surface area contributed by atoms with E-state index in [1.165, 1.54) is 24.1 Å². The van der Waals surface area contributed by atoms with E-state index in [0.29, 0.717) is 11.7 Å². The van der Waals surface area contributed by atoms with Gasteiger partial charge in [0, 0.05) is 37.0 Å². The van der Waals surface area contributed by atoms with Crippen LogP contribution in [0.2, 0.25) is 0 Å². The molecule has 0 saturated carbocycles. The minimum atomic E-state index is 0.251. The van der Waals surface area contributed by atoms with Crippen molar-refractivity contribution in [2.45, 2.75) is 38.6 Å². The van der Waals surface area contributed by atoms with Gasteiger partial charge in [-0.15, -0.1) is 0 Å². The molecule has 0 radical (unpaired) electrons. The third-order valence-electron chi connectivity index (χ3n) is 6.14. The second-order valence-corrected chi connectivity index (χ2v) is 7.83. The molecule has 3 nitrogen and oxygen atoms in total. The van der Waals surface area contributed by atoms with E-state index in [0.717, 1.165) is 44.5 Å². The third kappa shape index (κ3) is 3.57. The Bertz CT molecular complexity index is 726.